The Labute approximate surface area is 153 Å². The molecule has 1 unspecified atom stereocenters. The standard InChI is InChI=1S/C8HCl9O2/c9-1-2(10)4(12)6(5(13)3(1)11)19-8(17,18)7(14,15)16/h18H. The Balaban J connectivity index is 3.39. The summed E-state index contributed by atoms with van der Waals surface area (Å²) in [5.74, 6) is -0.383. The average Bonchev–Trinajstić information content (AvgIpc) is 2.28. The van der Waals surface area contributed by atoms with Crippen LogP contribution in [0.25, 0.3) is 0 Å². The largest absolute Gasteiger partial charge is 0.442 e. The van der Waals surface area contributed by atoms with E-state index in [4.69, 9.17) is 109 Å². The van der Waals surface area contributed by atoms with Crippen LogP contribution in [0.4, 0.5) is 0 Å². The topological polar surface area (TPSA) is 29.5 Å². The zero-order valence-electron chi connectivity index (χ0n) is 8.26. The zero-order valence-corrected chi connectivity index (χ0v) is 15.1. The predicted molar refractivity (Wildman–Crippen MR) is 83.2 cm³/mol. The SMILES string of the molecule is OC(Cl)(Oc1c(Cl)c(Cl)c(Cl)c(Cl)c1Cl)C(Cl)(Cl)Cl. The van der Waals surface area contributed by atoms with E-state index >= 15 is 0 Å². The second-order valence-corrected chi connectivity index (χ2v) is 7.74. The van der Waals surface area contributed by atoms with Crippen molar-refractivity contribution in [2.24, 2.45) is 0 Å². The molecular weight excluding hydrogens is 447 g/mol. The van der Waals surface area contributed by atoms with Crippen LogP contribution in [0.2, 0.25) is 25.1 Å². The summed E-state index contributed by atoms with van der Waals surface area (Å²) in [6, 6.07) is 0. The van der Waals surface area contributed by atoms with Gasteiger partial charge in [0.2, 0.25) is 0 Å². The third-order valence-corrected chi connectivity index (χ3v) is 5.42. The summed E-state index contributed by atoms with van der Waals surface area (Å²) in [7, 11) is 0. The third kappa shape index (κ3) is 3.87. The maximum absolute atomic E-state index is 9.72. The molecule has 2 nitrogen and oxygen atoms in total. The van der Waals surface area contributed by atoms with Crippen LogP contribution in [0, 0.1) is 0 Å². The van der Waals surface area contributed by atoms with Gasteiger partial charge in [-0.15, -0.1) is 0 Å². The molecule has 1 aromatic rings. The van der Waals surface area contributed by atoms with Crippen molar-refractivity contribution in [3.8, 4) is 5.75 Å². The number of benzene rings is 1. The van der Waals surface area contributed by atoms with Gasteiger partial charge in [0, 0.05) is 0 Å². The molecule has 0 aromatic heterocycles. The van der Waals surface area contributed by atoms with Crippen LogP contribution in [0.1, 0.15) is 0 Å². The molecule has 1 N–H and O–H groups in total. The van der Waals surface area contributed by atoms with E-state index in [2.05, 4.69) is 0 Å². The van der Waals surface area contributed by atoms with Crippen molar-refractivity contribution in [3.63, 3.8) is 0 Å². The van der Waals surface area contributed by atoms with Gasteiger partial charge in [-0.2, -0.15) is 0 Å². The highest BCUT2D eigenvalue weighted by molar-refractivity contribution is 6.70. The molecule has 1 atom stereocenters. The van der Waals surface area contributed by atoms with Crippen molar-refractivity contribution in [3.05, 3.63) is 25.1 Å². The molecule has 0 spiro atoms. The van der Waals surface area contributed by atoms with E-state index in [0.29, 0.717) is 0 Å². The third-order valence-electron chi connectivity index (χ3n) is 1.76. The fourth-order valence-electron chi connectivity index (χ4n) is 0.867. The van der Waals surface area contributed by atoms with Gasteiger partial charge in [0.15, 0.2) is 5.75 Å². The molecule has 0 amide bonds. The Morgan fingerprint density at radius 3 is 1.32 bits per heavy atom. The average molecular weight is 448 g/mol. The summed E-state index contributed by atoms with van der Waals surface area (Å²) in [5, 5.41) is 6.02. The molecule has 0 heterocycles. The van der Waals surface area contributed by atoms with E-state index in [0.717, 1.165) is 0 Å². The number of ether oxygens (including phenoxy) is 1. The van der Waals surface area contributed by atoms with Crippen LogP contribution >= 0.6 is 104 Å². The summed E-state index contributed by atoms with van der Waals surface area (Å²) in [5.41, 5.74) is 0. The Bertz CT molecular complexity index is 479. The van der Waals surface area contributed by atoms with E-state index in [1.165, 1.54) is 0 Å². The molecule has 1 rings (SSSR count). The second kappa shape index (κ2) is 6.37. The normalized spacial score (nSPS) is 15.3. The fourth-order valence-corrected chi connectivity index (χ4v) is 2.26. The Kier molecular flexibility index (Phi) is 6.25. The summed E-state index contributed by atoms with van der Waals surface area (Å²) in [6.07, 6.45) is 0. The first-order valence-corrected chi connectivity index (χ1v) is 7.48. The van der Waals surface area contributed by atoms with Crippen LogP contribution in [0.15, 0.2) is 0 Å². The minimum absolute atomic E-state index is 0.0994. The number of alkyl halides is 4. The molecule has 108 valence electrons. The molecule has 0 fully saturated rings. The first kappa shape index (κ1) is 18.6. The van der Waals surface area contributed by atoms with Gasteiger partial charge < -0.3 is 9.84 Å². The second-order valence-electron chi connectivity index (χ2n) is 3.06. The zero-order chi connectivity index (χ0) is 15.2. The van der Waals surface area contributed by atoms with Crippen molar-refractivity contribution in [2.75, 3.05) is 0 Å². The minimum Gasteiger partial charge on any atom is -0.442 e. The molecule has 0 saturated carbocycles. The highest BCUT2D eigenvalue weighted by Gasteiger charge is 2.50. The number of aliphatic hydroxyl groups is 1. The van der Waals surface area contributed by atoms with E-state index in [1.807, 2.05) is 0 Å². The summed E-state index contributed by atoms with van der Waals surface area (Å²) in [6.45, 7) is 0. The summed E-state index contributed by atoms with van der Waals surface area (Å²) in [4.78, 5) is 0. The Morgan fingerprint density at radius 1 is 0.684 bits per heavy atom. The number of hydrogen-bond acceptors (Lipinski definition) is 2. The Hall–Kier alpha value is 1.59. The molecule has 0 aliphatic heterocycles. The lowest BCUT2D eigenvalue weighted by atomic mass is 10.3. The highest BCUT2D eigenvalue weighted by atomic mass is 35.6. The van der Waals surface area contributed by atoms with Crippen LogP contribution in [-0.4, -0.2) is 14.1 Å². The smallest absolute Gasteiger partial charge is 0.337 e. The van der Waals surface area contributed by atoms with E-state index in [-0.39, 0.29) is 30.9 Å². The molecule has 0 bridgehead atoms. The molecular formula is C8HCl9O2. The van der Waals surface area contributed by atoms with Crippen LogP contribution in [-0.2, 0) is 0 Å². The van der Waals surface area contributed by atoms with Crippen molar-refractivity contribution < 1.29 is 9.84 Å². The van der Waals surface area contributed by atoms with Crippen molar-refractivity contribution >= 4 is 104 Å². The number of hydrogen-bond donors (Lipinski definition) is 1. The molecule has 19 heavy (non-hydrogen) atoms. The van der Waals surface area contributed by atoms with Gasteiger partial charge in [-0.05, 0) is 11.6 Å². The predicted octanol–water partition coefficient (Wildman–Crippen LogP) is 6.59. The van der Waals surface area contributed by atoms with Gasteiger partial charge in [0.1, 0.15) is 10.0 Å². The molecule has 0 radical (unpaired) electrons. The monoisotopic (exact) mass is 444 g/mol. The van der Waals surface area contributed by atoms with Crippen molar-refractivity contribution in [2.45, 2.75) is 9.04 Å². The molecule has 0 saturated heterocycles. The fraction of sp³-hybridized carbons (Fsp3) is 0.250. The van der Waals surface area contributed by atoms with Gasteiger partial charge in [-0.1, -0.05) is 92.8 Å². The van der Waals surface area contributed by atoms with Gasteiger partial charge in [-0.25, -0.2) is 0 Å². The van der Waals surface area contributed by atoms with Crippen LogP contribution in [0.5, 0.6) is 5.75 Å². The van der Waals surface area contributed by atoms with Gasteiger partial charge >= 0.3 is 5.25 Å². The quantitative estimate of drug-likeness (QED) is 0.240. The van der Waals surface area contributed by atoms with E-state index < -0.39 is 9.04 Å². The van der Waals surface area contributed by atoms with Gasteiger partial charge in [0.25, 0.3) is 3.79 Å². The van der Waals surface area contributed by atoms with E-state index in [1.54, 1.807) is 0 Å². The van der Waals surface area contributed by atoms with Crippen molar-refractivity contribution in [1.82, 2.24) is 0 Å². The summed E-state index contributed by atoms with van der Waals surface area (Å²) >= 11 is 50.9. The maximum atomic E-state index is 9.72. The van der Waals surface area contributed by atoms with Crippen molar-refractivity contribution in [1.29, 1.82) is 0 Å². The lowest BCUT2D eigenvalue weighted by Gasteiger charge is -2.29. The first-order chi connectivity index (χ1) is 8.40. The number of rotatable bonds is 2. The maximum Gasteiger partial charge on any atom is 0.337 e. The van der Waals surface area contributed by atoms with Gasteiger partial charge in [0.05, 0.1) is 15.1 Å². The lowest BCUT2D eigenvalue weighted by molar-refractivity contribution is -0.0569. The van der Waals surface area contributed by atoms with Crippen LogP contribution in [0.3, 0.4) is 0 Å². The number of halogens is 9. The molecule has 0 aliphatic rings. The minimum atomic E-state index is -2.76. The Morgan fingerprint density at radius 2 is 1.00 bits per heavy atom. The highest BCUT2D eigenvalue weighted by Crippen LogP contribution is 2.51. The lowest BCUT2D eigenvalue weighted by Crippen LogP contribution is -2.42. The van der Waals surface area contributed by atoms with Crippen LogP contribution < -0.4 is 4.74 Å². The summed E-state index contributed by atoms with van der Waals surface area (Å²) < 4.78 is 2.48. The van der Waals surface area contributed by atoms with Gasteiger partial charge in [-0.3, -0.25) is 0 Å². The molecule has 11 heteroatoms. The first-order valence-electron chi connectivity index (χ1n) is 4.08. The van der Waals surface area contributed by atoms with E-state index in [9.17, 15) is 5.11 Å². The molecule has 1 aromatic carbocycles. The molecule has 0 aliphatic carbocycles.